The predicted octanol–water partition coefficient (Wildman–Crippen LogP) is 4.14. The van der Waals surface area contributed by atoms with Gasteiger partial charge in [0.15, 0.2) is 5.13 Å². The molecule has 0 saturated carbocycles. The van der Waals surface area contributed by atoms with Crippen molar-refractivity contribution in [2.45, 2.75) is 13.5 Å². The van der Waals surface area contributed by atoms with Crippen molar-refractivity contribution in [2.75, 3.05) is 5.73 Å². The zero-order chi connectivity index (χ0) is 19.2. The van der Waals surface area contributed by atoms with Gasteiger partial charge in [-0.3, -0.25) is 4.79 Å². The van der Waals surface area contributed by atoms with Crippen molar-refractivity contribution < 1.29 is 9.53 Å². The second kappa shape index (κ2) is 8.79. The number of amides is 1. The molecule has 0 bridgehead atoms. The van der Waals surface area contributed by atoms with Crippen LogP contribution in [-0.4, -0.2) is 17.1 Å². The fourth-order valence-electron chi connectivity index (χ4n) is 2.28. The van der Waals surface area contributed by atoms with Gasteiger partial charge >= 0.3 is 0 Å². The molecule has 1 heterocycles. The summed E-state index contributed by atoms with van der Waals surface area (Å²) in [6.07, 6.45) is 1.56. The Bertz CT molecular complexity index is 970. The van der Waals surface area contributed by atoms with E-state index in [0.717, 1.165) is 32.7 Å². The molecule has 8 heteroatoms. The Kier molecular flexibility index (Phi) is 6.20. The second-order valence-corrected chi connectivity index (χ2v) is 7.60. The topological polar surface area (TPSA) is 89.6 Å². The minimum atomic E-state index is -0.333. The summed E-state index contributed by atoms with van der Waals surface area (Å²) in [6.45, 7) is 2.20. The third kappa shape index (κ3) is 5.38. The number of aryl methyl sites for hydroxylation is 1. The summed E-state index contributed by atoms with van der Waals surface area (Å²) < 4.78 is 6.83. The van der Waals surface area contributed by atoms with Crippen LogP contribution in [0.4, 0.5) is 5.13 Å². The Morgan fingerprint density at radius 2 is 2.11 bits per heavy atom. The molecular formula is C19H17BrN4O2S. The summed E-state index contributed by atoms with van der Waals surface area (Å²) >= 11 is 4.55. The fourth-order valence-corrected chi connectivity index (χ4v) is 3.26. The van der Waals surface area contributed by atoms with Gasteiger partial charge in [0.25, 0.3) is 5.91 Å². The van der Waals surface area contributed by atoms with E-state index in [1.165, 1.54) is 0 Å². The summed E-state index contributed by atoms with van der Waals surface area (Å²) in [5.74, 6) is 0.389. The normalized spacial score (nSPS) is 10.9. The molecule has 0 radical (unpaired) electrons. The van der Waals surface area contributed by atoms with Crippen molar-refractivity contribution in [1.29, 1.82) is 0 Å². The molecule has 138 valence electrons. The van der Waals surface area contributed by atoms with Gasteiger partial charge in [-0.05, 0) is 42.3 Å². The van der Waals surface area contributed by atoms with Crippen molar-refractivity contribution in [3.05, 3.63) is 74.7 Å². The maximum Gasteiger partial charge on any atom is 0.283 e. The number of carbonyl (C=O) groups excluding carboxylic acids is 1. The van der Waals surface area contributed by atoms with Gasteiger partial charge in [-0.15, -0.1) is 0 Å². The van der Waals surface area contributed by atoms with Gasteiger partial charge in [0.1, 0.15) is 17.2 Å². The molecule has 0 saturated heterocycles. The predicted molar refractivity (Wildman–Crippen MR) is 111 cm³/mol. The van der Waals surface area contributed by atoms with E-state index in [2.05, 4.69) is 31.4 Å². The number of hydrogen-bond acceptors (Lipinski definition) is 6. The molecule has 0 fully saturated rings. The summed E-state index contributed by atoms with van der Waals surface area (Å²) in [5, 5.41) is 4.35. The number of ether oxygens (including phenoxy) is 1. The Labute approximate surface area is 169 Å². The highest BCUT2D eigenvalue weighted by Gasteiger charge is 2.13. The molecule has 27 heavy (non-hydrogen) atoms. The van der Waals surface area contributed by atoms with Crippen molar-refractivity contribution in [3.8, 4) is 5.75 Å². The molecule has 3 N–H and O–H groups in total. The molecule has 0 atom stereocenters. The molecule has 0 aliphatic rings. The van der Waals surface area contributed by atoms with Gasteiger partial charge in [0.05, 0.1) is 11.9 Å². The van der Waals surface area contributed by atoms with Crippen molar-refractivity contribution >= 4 is 44.5 Å². The average molecular weight is 445 g/mol. The summed E-state index contributed by atoms with van der Waals surface area (Å²) in [4.78, 5) is 16.6. The highest BCUT2D eigenvalue weighted by molar-refractivity contribution is 9.10. The van der Waals surface area contributed by atoms with Crippen LogP contribution < -0.4 is 15.9 Å². The summed E-state index contributed by atoms with van der Waals surface area (Å²) in [7, 11) is 0. The second-order valence-electron chi connectivity index (χ2n) is 5.65. The van der Waals surface area contributed by atoms with Gasteiger partial charge < -0.3 is 10.5 Å². The van der Waals surface area contributed by atoms with Crippen LogP contribution in [0.3, 0.4) is 0 Å². The number of halogens is 1. The summed E-state index contributed by atoms with van der Waals surface area (Å²) in [5.41, 5.74) is 10.6. The molecule has 3 rings (SSSR count). The molecule has 1 amide bonds. The number of thiazole rings is 1. The maximum absolute atomic E-state index is 12.1. The molecule has 2 aromatic carbocycles. The quantitative estimate of drug-likeness (QED) is 0.441. The minimum absolute atomic E-state index is 0.333. The van der Waals surface area contributed by atoms with Crippen molar-refractivity contribution in [1.82, 2.24) is 10.4 Å². The molecule has 3 aromatic rings. The maximum atomic E-state index is 12.1. The molecule has 0 aliphatic carbocycles. The van der Waals surface area contributed by atoms with E-state index in [1.54, 1.807) is 13.1 Å². The van der Waals surface area contributed by atoms with Gasteiger partial charge in [0.2, 0.25) is 0 Å². The van der Waals surface area contributed by atoms with Crippen molar-refractivity contribution in [3.63, 3.8) is 0 Å². The van der Waals surface area contributed by atoms with E-state index in [1.807, 2.05) is 48.5 Å². The Morgan fingerprint density at radius 3 is 2.81 bits per heavy atom. The largest absolute Gasteiger partial charge is 0.489 e. The Morgan fingerprint density at radius 1 is 1.33 bits per heavy atom. The lowest BCUT2D eigenvalue weighted by Crippen LogP contribution is -2.17. The van der Waals surface area contributed by atoms with E-state index >= 15 is 0 Å². The number of nitrogens with one attached hydrogen (secondary N) is 1. The molecule has 0 spiro atoms. The van der Waals surface area contributed by atoms with Crippen LogP contribution in [-0.2, 0) is 6.61 Å². The van der Waals surface area contributed by atoms with Crippen LogP contribution in [0.5, 0.6) is 5.75 Å². The van der Waals surface area contributed by atoms with Crippen LogP contribution in [0.2, 0.25) is 0 Å². The average Bonchev–Trinajstić information content (AvgIpc) is 3.00. The number of hydrazone groups is 1. The number of rotatable bonds is 6. The zero-order valence-electron chi connectivity index (χ0n) is 14.5. The number of hydrogen-bond donors (Lipinski definition) is 2. The van der Waals surface area contributed by atoms with E-state index in [0.29, 0.717) is 22.3 Å². The van der Waals surface area contributed by atoms with Crippen LogP contribution in [0.15, 0.2) is 58.1 Å². The van der Waals surface area contributed by atoms with Gasteiger partial charge in [-0.25, -0.2) is 10.4 Å². The van der Waals surface area contributed by atoms with Crippen LogP contribution in [0.1, 0.15) is 26.5 Å². The zero-order valence-corrected chi connectivity index (χ0v) is 16.9. The van der Waals surface area contributed by atoms with E-state index in [-0.39, 0.29) is 5.91 Å². The molecule has 6 nitrogen and oxygen atoms in total. The molecule has 0 unspecified atom stereocenters. The lowest BCUT2D eigenvalue weighted by molar-refractivity contribution is 0.0958. The highest BCUT2D eigenvalue weighted by atomic mass is 79.9. The first kappa shape index (κ1) is 19.1. The van der Waals surface area contributed by atoms with Gasteiger partial charge in [-0.1, -0.05) is 51.5 Å². The lowest BCUT2D eigenvalue weighted by Gasteiger charge is -2.07. The van der Waals surface area contributed by atoms with Crippen LogP contribution in [0, 0.1) is 6.92 Å². The number of benzene rings is 2. The number of nitrogens with two attached hydrogens (primary N) is 1. The van der Waals surface area contributed by atoms with E-state index < -0.39 is 0 Å². The first-order chi connectivity index (χ1) is 13.0. The molecule has 0 aliphatic heterocycles. The van der Waals surface area contributed by atoms with E-state index in [4.69, 9.17) is 10.5 Å². The number of nitrogen functional groups attached to an aromatic ring is 1. The lowest BCUT2D eigenvalue weighted by atomic mass is 10.2. The number of carbonyl (C=O) groups is 1. The first-order valence-corrected chi connectivity index (χ1v) is 9.66. The van der Waals surface area contributed by atoms with Crippen LogP contribution >= 0.6 is 27.3 Å². The van der Waals surface area contributed by atoms with Gasteiger partial charge in [0, 0.05) is 4.47 Å². The third-order valence-corrected chi connectivity index (χ3v) is 5.09. The smallest absolute Gasteiger partial charge is 0.283 e. The Hall–Kier alpha value is -2.71. The monoisotopic (exact) mass is 444 g/mol. The molecular weight excluding hydrogens is 428 g/mol. The Balaban J connectivity index is 1.58. The van der Waals surface area contributed by atoms with Crippen molar-refractivity contribution in [2.24, 2.45) is 5.10 Å². The summed E-state index contributed by atoms with van der Waals surface area (Å²) in [6, 6.07) is 15.4. The minimum Gasteiger partial charge on any atom is -0.489 e. The number of nitrogens with zero attached hydrogens (tertiary/aromatic N) is 2. The number of anilines is 1. The molecule has 1 aromatic heterocycles. The fraction of sp³-hybridized carbons (Fsp3) is 0.105. The first-order valence-electron chi connectivity index (χ1n) is 8.05. The standard InChI is InChI=1S/C19H17BrN4O2S/c1-12-17(27-19(21)23-12)18(25)24-22-10-14-3-2-4-16(9-14)26-11-13-5-7-15(20)8-6-13/h2-10H,11H2,1H3,(H2,21,23)(H,24,25). The SMILES string of the molecule is Cc1nc(N)sc1C(=O)NN=Cc1cccc(OCc2ccc(Br)cc2)c1. The highest BCUT2D eigenvalue weighted by Crippen LogP contribution is 2.19. The van der Waals surface area contributed by atoms with Gasteiger partial charge in [-0.2, -0.15) is 5.10 Å². The number of aromatic nitrogens is 1. The third-order valence-electron chi connectivity index (χ3n) is 3.58. The van der Waals surface area contributed by atoms with Crippen LogP contribution in [0.25, 0.3) is 0 Å². The van der Waals surface area contributed by atoms with E-state index in [9.17, 15) is 4.79 Å².